The van der Waals surface area contributed by atoms with Crippen LogP contribution in [-0.4, -0.2) is 30.1 Å². The standard InChI is InChI=1S/C17H25NOS/c19-12-15-7-2-1-6-14(15)10-18-11-16-9-13-5-3-4-8-17(13)20-16/h3-5,8,14-16,18-19H,1-2,6-7,9-12H2. The van der Waals surface area contributed by atoms with E-state index in [9.17, 15) is 5.11 Å². The number of rotatable bonds is 5. The predicted octanol–water partition coefficient (Wildman–Crippen LogP) is 3.09. The van der Waals surface area contributed by atoms with Gasteiger partial charge in [0.2, 0.25) is 0 Å². The van der Waals surface area contributed by atoms with Gasteiger partial charge in [-0.2, -0.15) is 0 Å². The molecule has 0 aromatic heterocycles. The van der Waals surface area contributed by atoms with Crippen molar-refractivity contribution in [1.82, 2.24) is 5.32 Å². The molecule has 1 saturated carbocycles. The second-order valence-corrected chi connectivity index (χ2v) is 7.54. The summed E-state index contributed by atoms with van der Waals surface area (Å²) in [5.41, 5.74) is 1.51. The summed E-state index contributed by atoms with van der Waals surface area (Å²) in [5.74, 6) is 1.22. The van der Waals surface area contributed by atoms with E-state index in [1.165, 1.54) is 42.6 Å². The van der Waals surface area contributed by atoms with Crippen molar-refractivity contribution in [2.45, 2.75) is 42.2 Å². The summed E-state index contributed by atoms with van der Waals surface area (Å²) >= 11 is 2.02. The smallest absolute Gasteiger partial charge is 0.0462 e. The number of fused-ring (bicyclic) bond motifs is 1. The van der Waals surface area contributed by atoms with Crippen LogP contribution < -0.4 is 5.32 Å². The van der Waals surface area contributed by atoms with Crippen molar-refractivity contribution < 1.29 is 5.11 Å². The molecule has 0 radical (unpaired) electrons. The van der Waals surface area contributed by atoms with Crippen LogP contribution in [0.25, 0.3) is 0 Å². The Morgan fingerprint density at radius 1 is 1.10 bits per heavy atom. The lowest BCUT2D eigenvalue weighted by Crippen LogP contribution is -2.35. The highest BCUT2D eigenvalue weighted by atomic mass is 32.2. The molecule has 3 heteroatoms. The average Bonchev–Trinajstić information content (AvgIpc) is 2.90. The molecule has 2 nitrogen and oxygen atoms in total. The first kappa shape index (κ1) is 14.4. The summed E-state index contributed by atoms with van der Waals surface area (Å²) in [5, 5.41) is 13.8. The van der Waals surface area contributed by atoms with Crippen LogP contribution in [0.4, 0.5) is 0 Å². The molecule has 0 bridgehead atoms. The fraction of sp³-hybridized carbons (Fsp3) is 0.647. The van der Waals surface area contributed by atoms with E-state index in [1.54, 1.807) is 0 Å². The third kappa shape index (κ3) is 3.38. The average molecular weight is 291 g/mol. The molecular formula is C17H25NOS. The number of hydrogen-bond acceptors (Lipinski definition) is 3. The van der Waals surface area contributed by atoms with E-state index in [4.69, 9.17) is 0 Å². The monoisotopic (exact) mass is 291 g/mol. The Balaban J connectivity index is 1.43. The van der Waals surface area contributed by atoms with E-state index in [2.05, 4.69) is 29.6 Å². The van der Waals surface area contributed by atoms with E-state index in [1.807, 2.05) is 11.8 Å². The zero-order valence-corrected chi connectivity index (χ0v) is 12.9. The first-order valence-electron chi connectivity index (χ1n) is 7.93. The minimum atomic E-state index is 0.371. The molecule has 1 aromatic rings. The molecule has 1 aromatic carbocycles. The molecule has 110 valence electrons. The van der Waals surface area contributed by atoms with Crippen LogP contribution in [-0.2, 0) is 6.42 Å². The molecule has 20 heavy (non-hydrogen) atoms. The summed E-state index contributed by atoms with van der Waals surface area (Å²) in [6.07, 6.45) is 6.34. The number of benzene rings is 1. The molecular weight excluding hydrogens is 266 g/mol. The highest BCUT2D eigenvalue weighted by molar-refractivity contribution is 8.00. The maximum Gasteiger partial charge on any atom is 0.0462 e. The van der Waals surface area contributed by atoms with E-state index in [0.29, 0.717) is 23.7 Å². The third-order valence-corrected chi connectivity index (χ3v) is 6.11. The fourth-order valence-electron chi connectivity index (χ4n) is 3.59. The number of hydrogen-bond donors (Lipinski definition) is 2. The first-order valence-corrected chi connectivity index (χ1v) is 8.81. The first-order chi connectivity index (χ1) is 9.86. The van der Waals surface area contributed by atoms with Gasteiger partial charge in [-0.15, -0.1) is 11.8 Å². The van der Waals surface area contributed by atoms with Gasteiger partial charge in [0.05, 0.1) is 0 Å². The molecule has 3 rings (SSSR count). The molecule has 1 aliphatic carbocycles. The van der Waals surface area contributed by atoms with Crippen molar-refractivity contribution >= 4 is 11.8 Å². The largest absolute Gasteiger partial charge is 0.396 e. The van der Waals surface area contributed by atoms with Gasteiger partial charge in [0, 0.05) is 23.3 Å². The summed E-state index contributed by atoms with van der Waals surface area (Å²) in [7, 11) is 0. The highest BCUT2D eigenvalue weighted by Gasteiger charge is 2.25. The maximum atomic E-state index is 9.46. The molecule has 1 heterocycles. The summed E-state index contributed by atoms with van der Waals surface area (Å²) in [6.45, 7) is 2.54. The second kappa shape index (κ2) is 6.97. The lowest BCUT2D eigenvalue weighted by atomic mass is 9.79. The lowest BCUT2D eigenvalue weighted by Gasteiger charge is -2.30. The van der Waals surface area contributed by atoms with Crippen LogP contribution in [0.2, 0.25) is 0 Å². The Bertz CT molecular complexity index is 412. The highest BCUT2D eigenvalue weighted by Crippen LogP contribution is 2.36. The molecule has 2 aliphatic rings. The SMILES string of the molecule is OCC1CCCCC1CNCC1Cc2ccccc2S1. The van der Waals surface area contributed by atoms with Gasteiger partial charge in [0.25, 0.3) is 0 Å². The van der Waals surface area contributed by atoms with Gasteiger partial charge in [-0.3, -0.25) is 0 Å². The molecule has 1 aliphatic heterocycles. The lowest BCUT2D eigenvalue weighted by molar-refractivity contribution is 0.133. The van der Waals surface area contributed by atoms with Crippen molar-refractivity contribution in [1.29, 1.82) is 0 Å². The molecule has 0 spiro atoms. The van der Waals surface area contributed by atoms with Gasteiger partial charge in [0.1, 0.15) is 0 Å². The number of aliphatic hydroxyl groups is 1. The Morgan fingerprint density at radius 3 is 2.70 bits per heavy atom. The Morgan fingerprint density at radius 2 is 1.90 bits per heavy atom. The molecule has 3 atom stereocenters. The van der Waals surface area contributed by atoms with Gasteiger partial charge in [-0.25, -0.2) is 0 Å². The zero-order chi connectivity index (χ0) is 13.8. The number of nitrogens with one attached hydrogen (secondary N) is 1. The third-order valence-electron chi connectivity index (χ3n) is 4.79. The normalized spacial score (nSPS) is 29.4. The fourth-order valence-corrected chi connectivity index (χ4v) is 4.87. The van der Waals surface area contributed by atoms with Gasteiger partial charge < -0.3 is 10.4 Å². The van der Waals surface area contributed by atoms with Crippen LogP contribution in [0.5, 0.6) is 0 Å². The Labute approximate surface area is 126 Å². The van der Waals surface area contributed by atoms with Crippen LogP contribution in [0, 0.1) is 11.8 Å². The summed E-state index contributed by atoms with van der Waals surface area (Å²) < 4.78 is 0. The predicted molar refractivity (Wildman–Crippen MR) is 85.2 cm³/mol. The minimum absolute atomic E-state index is 0.371. The van der Waals surface area contributed by atoms with Crippen molar-refractivity contribution in [3.63, 3.8) is 0 Å². The maximum absolute atomic E-state index is 9.46. The Kier molecular flexibility index (Phi) is 5.03. The number of aliphatic hydroxyl groups excluding tert-OH is 1. The van der Waals surface area contributed by atoms with Gasteiger partial charge >= 0.3 is 0 Å². The Hall–Kier alpha value is -0.510. The van der Waals surface area contributed by atoms with Crippen molar-refractivity contribution in [2.24, 2.45) is 11.8 Å². The summed E-state index contributed by atoms with van der Waals surface area (Å²) in [4.78, 5) is 1.46. The van der Waals surface area contributed by atoms with Gasteiger partial charge in [-0.1, -0.05) is 31.0 Å². The van der Waals surface area contributed by atoms with Gasteiger partial charge in [-0.05, 0) is 49.3 Å². The van der Waals surface area contributed by atoms with Crippen LogP contribution >= 0.6 is 11.8 Å². The van der Waals surface area contributed by atoms with Crippen LogP contribution in [0.3, 0.4) is 0 Å². The molecule has 0 saturated heterocycles. The van der Waals surface area contributed by atoms with Crippen molar-refractivity contribution in [3.05, 3.63) is 29.8 Å². The van der Waals surface area contributed by atoms with E-state index >= 15 is 0 Å². The topological polar surface area (TPSA) is 32.3 Å². The molecule has 0 amide bonds. The number of thioether (sulfide) groups is 1. The quantitative estimate of drug-likeness (QED) is 0.874. The minimum Gasteiger partial charge on any atom is -0.396 e. The van der Waals surface area contributed by atoms with E-state index < -0.39 is 0 Å². The van der Waals surface area contributed by atoms with Crippen LogP contribution in [0.15, 0.2) is 29.2 Å². The molecule has 2 N–H and O–H groups in total. The van der Waals surface area contributed by atoms with E-state index in [-0.39, 0.29) is 0 Å². The van der Waals surface area contributed by atoms with Crippen molar-refractivity contribution in [3.8, 4) is 0 Å². The molecule has 1 fully saturated rings. The van der Waals surface area contributed by atoms with Gasteiger partial charge in [0.15, 0.2) is 0 Å². The van der Waals surface area contributed by atoms with Crippen molar-refractivity contribution in [2.75, 3.05) is 19.7 Å². The van der Waals surface area contributed by atoms with Crippen LogP contribution in [0.1, 0.15) is 31.2 Å². The molecule has 3 unspecified atom stereocenters. The zero-order valence-electron chi connectivity index (χ0n) is 12.1. The van der Waals surface area contributed by atoms with E-state index in [0.717, 1.165) is 13.1 Å². The summed E-state index contributed by atoms with van der Waals surface area (Å²) in [6, 6.07) is 8.77. The second-order valence-electron chi connectivity index (χ2n) is 6.20.